The highest BCUT2D eigenvalue weighted by Crippen LogP contribution is 2.38. The molecule has 28 heavy (non-hydrogen) atoms. The van der Waals surface area contributed by atoms with E-state index in [1.165, 1.54) is 4.90 Å². The zero-order valence-corrected chi connectivity index (χ0v) is 15.5. The third kappa shape index (κ3) is 2.95. The Hall–Kier alpha value is -3.47. The molecular weight excluding hydrogens is 352 g/mol. The summed E-state index contributed by atoms with van der Waals surface area (Å²) < 4.78 is 0. The first-order valence-corrected chi connectivity index (χ1v) is 9.30. The minimum Gasteiger partial charge on any atom is -0.507 e. The number of rotatable bonds is 4. The van der Waals surface area contributed by atoms with Crippen LogP contribution < -0.4 is 0 Å². The van der Waals surface area contributed by atoms with Crippen LogP contribution in [-0.4, -0.2) is 33.2 Å². The van der Waals surface area contributed by atoms with Gasteiger partial charge in [-0.2, -0.15) is 0 Å². The van der Waals surface area contributed by atoms with E-state index in [1.54, 1.807) is 24.4 Å². The zero-order chi connectivity index (χ0) is 19.7. The number of hydrogen-bond acceptors (Lipinski definition) is 4. The number of amides is 1. The number of likely N-dealkylation sites (tertiary alicyclic amines) is 1. The largest absolute Gasteiger partial charge is 0.507 e. The first kappa shape index (κ1) is 17.9. The number of aromatic nitrogens is 1. The van der Waals surface area contributed by atoms with Gasteiger partial charge in [-0.25, -0.2) is 0 Å². The van der Waals surface area contributed by atoms with E-state index in [0.29, 0.717) is 24.2 Å². The average molecular weight is 372 g/mol. The Morgan fingerprint density at radius 1 is 1.04 bits per heavy atom. The molecule has 0 saturated carbocycles. The summed E-state index contributed by atoms with van der Waals surface area (Å²) in [4.78, 5) is 31.3. The van der Waals surface area contributed by atoms with E-state index in [-0.39, 0.29) is 11.3 Å². The van der Waals surface area contributed by atoms with Gasteiger partial charge < -0.3 is 10.0 Å². The van der Waals surface area contributed by atoms with E-state index in [9.17, 15) is 14.7 Å². The predicted molar refractivity (Wildman–Crippen MR) is 107 cm³/mol. The second-order valence-corrected chi connectivity index (χ2v) is 6.81. The monoisotopic (exact) mass is 372 g/mol. The van der Waals surface area contributed by atoms with Gasteiger partial charge in [0.05, 0.1) is 11.3 Å². The number of carbonyl (C=O) groups excluding carboxylic acids is 2. The molecule has 5 heteroatoms. The number of pyridine rings is 1. The molecule has 2 aromatic carbocycles. The summed E-state index contributed by atoms with van der Waals surface area (Å²) in [6.45, 7) is 2.36. The van der Waals surface area contributed by atoms with Crippen LogP contribution in [0, 0.1) is 0 Å². The van der Waals surface area contributed by atoms with E-state index in [4.69, 9.17) is 0 Å². The molecule has 0 bridgehead atoms. The van der Waals surface area contributed by atoms with Gasteiger partial charge in [-0.15, -0.1) is 0 Å². The molecule has 1 saturated heterocycles. The van der Waals surface area contributed by atoms with Crippen molar-refractivity contribution < 1.29 is 14.7 Å². The second-order valence-electron chi connectivity index (χ2n) is 6.81. The van der Waals surface area contributed by atoms with Gasteiger partial charge in [0.15, 0.2) is 0 Å². The molecule has 0 aliphatic carbocycles. The molecule has 2 heterocycles. The van der Waals surface area contributed by atoms with Crippen LogP contribution in [0.5, 0.6) is 0 Å². The number of nitrogens with zero attached hydrogens (tertiary/aromatic N) is 2. The first-order chi connectivity index (χ1) is 13.6. The van der Waals surface area contributed by atoms with Gasteiger partial charge in [-0.1, -0.05) is 49.4 Å². The highest BCUT2D eigenvalue weighted by atomic mass is 16.3. The van der Waals surface area contributed by atoms with Crippen molar-refractivity contribution >= 4 is 28.2 Å². The Morgan fingerprint density at radius 2 is 1.79 bits per heavy atom. The van der Waals surface area contributed by atoms with Crippen molar-refractivity contribution in [1.82, 2.24) is 9.88 Å². The number of Topliss-reactive ketones (excluding diaryl/α,β-unsaturated/α-hetero) is 1. The minimum absolute atomic E-state index is 0.0902. The summed E-state index contributed by atoms with van der Waals surface area (Å²) in [5, 5.41) is 13.0. The Labute approximate surface area is 162 Å². The van der Waals surface area contributed by atoms with E-state index in [1.807, 2.05) is 49.4 Å². The average Bonchev–Trinajstić information content (AvgIpc) is 2.99. The molecule has 1 aliphatic rings. The van der Waals surface area contributed by atoms with Crippen molar-refractivity contribution in [2.75, 3.05) is 6.54 Å². The quantitative estimate of drug-likeness (QED) is 0.426. The predicted octanol–water partition coefficient (Wildman–Crippen LogP) is 4.07. The maximum Gasteiger partial charge on any atom is 0.295 e. The van der Waals surface area contributed by atoms with Gasteiger partial charge in [0.25, 0.3) is 11.7 Å². The molecule has 140 valence electrons. The van der Waals surface area contributed by atoms with E-state index in [2.05, 4.69) is 4.98 Å². The van der Waals surface area contributed by atoms with Crippen LogP contribution in [-0.2, 0) is 9.59 Å². The molecule has 1 N–H and O–H groups in total. The lowest BCUT2D eigenvalue weighted by Gasteiger charge is -2.23. The van der Waals surface area contributed by atoms with Crippen molar-refractivity contribution in [3.8, 4) is 0 Å². The Morgan fingerprint density at radius 3 is 2.50 bits per heavy atom. The van der Waals surface area contributed by atoms with Gasteiger partial charge in [-0.05, 0) is 35.4 Å². The summed E-state index contributed by atoms with van der Waals surface area (Å²) in [5.41, 5.74) is 1.17. The molecule has 3 aromatic rings. The smallest absolute Gasteiger partial charge is 0.295 e. The lowest BCUT2D eigenvalue weighted by Crippen LogP contribution is -2.30. The Bertz CT molecular complexity index is 1090. The molecule has 0 radical (unpaired) electrons. The molecule has 1 amide bonds. The summed E-state index contributed by atoms with van der Waals surface area (Å²) in [6.07, 6.45) is 2.32. The molecule has 0 spiro atoms. The number of hydrogen-bond donors (Lipinski definition) is 1. The Balaban J connectivity index is 1.90. The van der Waals surface area contributed by atoms with Crippen LogP contribution in [0.15, 0.2) is 72.4 Å². The molecule has 1 atom stereocenters. The zero-order valence-electron chi connectivity index (χ0n) is 15.5. The van der Waals surface area contributed by atoms with Crippen molar-refractivity contribution in [2.45, 2.75) is 19.4 Å². The molecular formula is C23H20N2O3. The van der Waals surface area contributed by atoms with Crippen LogP contribution in [0.4, 0.5) is 0 Å². The van der Waals surface area contributed by atoms with E-state index < -0.39 is 17.7 Å². The fourth-order valence-electron chi connectivity index (χ4n) is 3.69. The highest BCUT2D eigenvalue weighted by Gasteiger charge is 2.46. The highest BCUT2D eigenvalue weighted by molar-refractivity contribution is 6.46. The third-order valence-electron chi connectivity index (χ3n) is 5.00. The fraction of sp³-hybridized carbons (Fsp3) is 0.174. The molecule has 1 unspecified atom stereocenters. The van der Waals surface area contributed by atoms with Crippen molar-refractivity contribution in [1.29, 1.82) is 0 Å². The number of ketones is 1. The number of benzene rings is 2. The maximum atomic E-state index is 12.8. The van der Waals surface area contributed by atoms with Crippen LogP contribution in [0.25, 0.3) is 16.5 Å². The first-order valence-electron chi connectivity index (χ1n) is 9.30. The third-order valence-corrected chi connectivity index (χ3v) is 5.00. The number of carbonyl (C=O) groups is 2. The second kappa shape index (κ2) is 7.27. The van der Waals surface area contributed by atoms with Crippen molar-refractivity contribution in [3.05, 3.63) is 83.7 Å². The lowest BCUT2D eigenvalue weighted by molar-refractivity contribution is -0.139. The summed E-state index contributed by atoms with van der Waals surface area (Å²) in [6, 6.07) is 17.9. The van der Waals surface area contributed by atoms with E-state index in [0.717, 1.165) is 10.8 Å². The summed E-state index contributed by atoms with van der Waals surface area (Å²) in [7, 11) is 0. The van der Waals surface area contributed by atoms with Gasteiger partial charge in [0, 0.05) is 18.3 Å². The minimum atomic E-state index is -0.687. The van der Waals surface area contributed by atoms with Gasteiger partial charge in [0.2, 0.25) is 0 Å². The van der Waals surface area contributed by atoms with Gasteiger partial charge in [0.1, 0.15) is 11.8 Å². The van der Waals surface area contributed by atoms with E-state index >= 15 is 0 Å². The maximum absolute atomic E-state index is 12.8. The van der Waals surface area contributed by atoms with Gasteiger partial charge in [-0.3, -0.25) is 14.6 Å². The van der Waals surface area contributed by atoms with Crippen molar-refractivity contribution in [3.63, 3.8) is 0 Å². The molecule has 1 aromatic heterocycles. The van der Waals surface area contributed by atoms with Crippen molar-refractivity contribution in [2.24, 2.45) is 0 Å². The molecule has 1 fully saturated rings. The normalized spacial score (nSPS) is 18.8. The summed E-state index contributed by atoms with van der Waals surface area (Å²) in [5.74, 6) is -1.44. The summed E-state index contributed by atoms with van der Waals surface area (Å²) >= 11 is 0. The van der Waals surface area contributed by atoms with Gasteiger partial charge >= 0.3 is 0 Å². The van der Waals surface area contributed by atoms with Crippen LogP contribution in [0.1, 0.15) is 30.6 Å². The van der Waals surface area contributed by atoms with Crippen LogP contribution >= 0.6 is 0 Å². The molecule has 5 nitrogen and oxygen atoms in total. The van der Waals surface area contributed by atoms with Crippen LogP contribution in [0.2, 0.25) is 0 Å². The number of aliphatic hydroxyl groups is 1. The molecule has 4 rings (SSSR count). The standard InChI is InChI=1S/C23H20N2O3/c1-2-13-25-20(18-9-5-6-12-24-18)19(22(27)23(25)28)21(26)17-11-10-15-7-3-4-8-16(15)14-17/h3-12,14,20,26H,2,13H2,1H3/b21-19-. The Kier molecular flexibility index (Phi) is 4.65. The SMILES string of the molecule is CCCN1C(=O)C(=O)/C(=C(\O)c2ccc3ccccc3c2)C1c1ccccn1. The van der Waals surface area contributed by atoms with Crippen LogP contribution in [0.3, 0.4) is 0 Å². The topological polar surface area (TPSA) is 70.5 Å². The lowest BCUT2D eigenvalue weighted by atomic mass is 9.97. The number of fused-ring (bicyclic) bond motifs is 1. The molecule has 1 aliphatic heterocycles. The number of aliphatic hydroxyl groups excluding tert-OH is 1. The fourth-order valence-corrected chi connectivity index (χ4v) is 3.69.